The Kier molecular flexibility index (Phi) is 7.57. The SMILES string of the molecule is CC[C@H]1C(=O)C2C3CCC([C@H](C)CCO)[C@@]3(C)CCC2[C@@]2(C)CC[C@@H](O[Si](C)(C)C(C)(C)C)CC12. The van der Waals surface area contributed by atoms with Gasteiger partial charge in [0, 0.05) is 24.5 Å². The van der Waals surface area contributed by atoms with Gasteiger partial charge in [-0.2, -0.15) is 0 Å². The Labute approximate surface area is 217 Å². The first-order valence-electron chi connectivity index (χ1n) is 15.0. The number of Topliss-reactive ketones (excluding diaryl/α,β-unsaturated/α-hetero) is 1. The molecule has 3 nitrogen and oxygen atoms in total. The van der Waals surface area contributed by atoms with Crippen molar-refractivity contribution >= 4 is 14.1 Å². The summed E-state index contributed by atoms with van der Waals surface area (Å²) in [7, 11) is -1.81. The molecule has 4 rings (SSSR count). The third-order valence-electron chi connectivity index (χ3n) is 12.7. The third kappa shape index (κ3) is 4.44. The van der Waals surface area contributed by atoms with Crippen molar-refractivity contribution in [3.05, 3.63) is 0 Å². The lowest BCUT2D eigenvalue weighted by Gasteiger charge is -2.62. The van der Waals surface area contributed by atoms with Gasteiger partial charge in [0.05, 0.1) is 0 Å². The number of hydrogen-bond donors (Lipinski definition) is 1. The van der Waals surface area contributed by atoms with Crippen LogP contribution >= 0.6 is 0 Å². The third-order valence-corrected chi connectivity index (χ3v) is 17.3. The lowest BCUT2D eigenvalue weighted by molar-refractivity contribution is -0.172. The minimum atomic E-state index is -1.81. The normalized spacial score (nSPS) is 45.0. The van der Waals surface area contributed by atoms with Crippen LogP contribution in [-0.2, 0) is 9.22 Å². The highest BCUT2D eigenvalue weighted by atomic mass is 28.4. The van der Waals surface area contributed by atoms with Crippen molar-refractivity contribution in [3.8, 4) is 0 Å². The van der Waals surface area contributed by atoms with Crippen LogP contribution in [-0.4, -0.2) is 31.9 Å². The van der Waals surface area contributed by atoms with E-state index in [1.165, 1.54) is 38.5 Å². The van der Waals surface area contributed by atoms with Gasteiger partial charge < -0.3 is 9.53 Å². The van der Waals surface area contributed by atoms with E-state index in [0.29, 0.717) is 48.1 Å². The zero-order valence-electron chi connectivity index (χ0n) is 24.5. The number of carbonyl (C=O) groups excluding carboxylic acids is 1. The van der Waals surface area contributed by atoms with Crippen LogP contribution in [0.1, 0.15) is 106 Å². The predicted octanol–water partition coefficient (Wildman–Crippen LogP) is 7.87. The van der Waals surface area contributed by atoms with Gasteiger partial charge in [-0.3, -0.25) is 4.79 Å². The number of carbonyl (C=O) groups is 1. The molecule has 4 fully saturated rings. The van der Waals surface area contributed by atoms with Gasteiger partial charge in [-0.15, -0.1) is 0 Å². The molecule has 0 heterocycles. The van der Waals surface area contributed by atoms with E-state index >= 15 is 0 Å². The molecule has 4 aliphatic carbocycles. The van der Waals surface area contributed by atoms with Gasteiger partial charge in [0.15, 0.2) is 8.32 Å². The van der Waals surface area contributed by atoms with Crippen LogP contribution < -0.4 is 0 Å². The highest BCUT2D eigenvalue weighted by Gasteiger charge is 2.65. The first kappa shape index (κ1) is 27.8. The fourth-order valence-corrected chi connectivity index (χ4v) is 11.1. The number of rotatable bonds is 6. The maximum Gasteiger partial charge on any atom is 0.192 e. The van der Waals surface area contributed by atoms with E-state index in [4.69, 9.17) is 4.43 Å². The Morgan fingerprint density at radius 2 is 1.66 bits per heavy atom. The summed E-state index contributed by atoms with van der Waals surface area (Å²) in [6.07, 6.45) is 10.7. The van der Waals surface area contributed by atoms with Crippen molar-refractivity contribution in [2.24, 2.45) is 52.3 Å². The van der Waals surface area contributed by atoms with E-state index < -0.39 is 8.32 Å². The van der Waals surface area contributed by atoms with E-state index in [-0.39, 0.29) is 27.7 Å². The van der Waals surface area contributed by atoms with Gasteiger partial charge >= 0.3 is 0 Å². The van der Waals surface area contributed by atoms with Gasteiger partial charge in [-0.05, 0) is 116 Å². The summed E-state index contributed by atoms with van der Waals surface area (Å²) in [5, 5.41) is 9.84. The predicted molar refractivity (Wildman–Crippen MR) is 148 cm³/mol. The molecule has 0 spiro atoms. The summed E-state index contributed by atoms with van der Waals surface area (Å²) in [4.78, 5) is 14.4. The number of aliphatic hydroxyl groups is 1. The summed E-state index contributed by atoms with van der Waals surface area (Å²) < 4.78 is 6.96. The molecule has 0 aliphatic heterocycles. The standard InChI is InChI=1S/C31H56O3Si/c1-10-22-26-19-21(34-35(8,9)29(3,4)5)13-16-31(26,7)25-14-17-30(6)23(20(2)15-18-32)11-12-24(30)27(25)28(22)33/h20-27,32H,10-19H2,1-9H3/t20-,21-,22-,23?,24?,25?,26?,27?,30-,31-/m1/s1. The maximum atomic E-state index is 14.4. The second-order valence-electron chi connectivity index (χ2n) is 15.3. The van der Waals surface area contributed by atoms with Crippen LogP contribution in [0, 0.1) is 52.3 Å². The molecule has 0 aromatic heterocycles. The van der Waals surface area contributed by atoms with Crippen molar-refractivity contribution in [3.63, 3.8) is 0 Å². The maximum absolute atomic E-state index is 14.4. The largest absolute Gasteiger partial charge is 0.414 e. The van der Waals surface area contributed by atoms with Crippen LogP contribution in [0.5, 0.6) is 0 Å². The zero-order chi connectivity index (χ0) is 26.0. The van der Waals surface area contributed by atoms with Gasteiger partial charge in [0.2, 0.25) is 0 Å². The first-order chi connectivity index (χ1) is 16.2. The number of ketones is 1. The minimum Gasteiger partial charge on any atom is -0.414 e. The van der Waals surface area contributed by atoms with Crippen molar-refractivity contribution in [2.45, 2.75) is 130 Å². The molecule has 0 aromatic carbocycles. The highest BCUT2D eigenvalue weighted by molar-refractivity contribution is 6.74. The van der Waals surface area contributed by atoms with E-state index in [1.54, 1.807) is 0 Å². The van der Waals surface area contributed by atoms with Crippen LogP contribution in [0.3, 0.4) is 0 Å². The van der Waals surface area contributed by atoms with E-state index in [1.807, 2.05) is 0 Å². The monoisotopic (exact) mass is 504 g/mol. The fourth-order valence-electron chi connectivity index (χ4n) is 9.70. The zero-order valence-corrected chi connectivity index (χ0v) is 25.5. The quantitative estimate of drug-likeness (QED) is 0.374. The second-order valence-corrected chi connectivity index (χ2v) is 20.0. The second kappa shape index (κ2) is 9.52. The molecule has 202 valence electrons. The van der Waals surface area contributed by atoms with Crippen molar-refractivity contribution in [2.75, 3.05) is 6.61 Å². The summed E-state index contributed by atoms with van der Waals surface area (Å²) in [5.41, 5.74) is 0.554. The van der Waals surface area contributed by atoms with Gasteiger partial charge in [-0.1, -0.05) is 48.5 Å². The van der Waals surface area contributed by atoms with Gasteiger partial charge in [-0.25, -0.2) is 0 Å². The molecule has 35 heavy (non-hydrogen) atoms. The number of aliphatic hydroxyl groups excluding tert-OH is 1. The summed E-state index contributed by atoms with van der Waals surface area (Å²) >= 11 is 0. The van der Waals surface area contributed by atoms with Crippen LogP contribution in [0.15, 0.2) is 0 Å². The van der Waals surface area contributed by atoms with Crippen LogP contribution in [0.4, 0.5) is 0 Å². The Bertz CT molecular complexity index is 787. The van der Waals surface area contributed by atoms with Crippen LogP contribution in [0.2, 0.25) is 18.1 Å². The van der Waals surface area contributed by atoms with E-state index in [9.17, 15) is 9.90 Å². The molecule has 4 heteroatoms. The molecule has 0 aromatic rings. The molecule has 0 radical (unpaired) electrons. The van der Waals surface area contributed by atoms with E-state index in [0.717, 1.165) is 19.3 Å². The molecule has 4 aliphatic rings. The van der Waals surface area contributed by atoms with Crippen molar-refractivity contribution in [1.29, 1.82) is 0 Å². The molecule has 10 atom stereocenters. The van der Waals surface area contributed by atoms with Crippen molar-refractivity contribution < 1.29 is 14.3 Å². The molecule has 0 bridgehead atoms. The fraction of sp³-hybridized carbons (Fsp3) is 0.968. The van der Waals surface area contributed by atoms with Gasteiger partial charge in [0.1, 0.15) is 5.78 Å². The van der Waals surface area contributed by atoms with E-state index in [2.05, 4.69) is 61.6 Å². The average Bonchev–Trinajstić information content (AvgIpc) is 3.11. The molecule has 0 amide bonds. The highest BCUT2D eigenvalue weighted by Crippen LogP contribution is 2.69. The molecule has 0 saturated heterocycles. The molecule has 1 N–H and O–H groups in total. The summed E-state index contributed by atoms with van der Waals surface area (Å²) in [6.45, 7) is 21.8. The lowest BCUT2D eigenvalue weighted by atomic mass is 9.42. The molecular weight excluding hydrogens is 448 g/mol. The van der Waals surface area contributed by atoms with Crippen LogP contribution in [0.25, 0.3) is 0 Å². The number of hydrogen-bond acceptors (Lipinski definition) is 3. The molecule has 5 unspecified atom stereocenters. The first-order valence-corrected chi connectivity index (χ1v) is 17.9. The smallest absolute Gasteiger partial charge is 0.192 e. The Morgan fingerprint density at radius 3 is 2.26 bits per heavy atom. The lowest BCUT2D eigenvalue weighted by Crippen LogP contribution is -2.61. The Balaban J connectivity index is 1.60. The minimum absolute atomic E-state index is 0.211. The average molecular weight is 505 g/mol. The Morgan fingerprint density at radius 1 is 1.03 bits per heavy atom. The topological polar surface area (TPSA) is 46.5 Å². The Hall–Kier alpha value is -0.193. The number of fused-ring (bicyclic) bond motifs is 5. The summed E-state index contributed by atoms with van der Waals surface area (Å²) in [6, 6.07) is 0. The molecule has 4 saturated carbocycles. The van der Waals surface area contributed by atoms with Crippen molar-refractivity contribution in [1.82, 2.24) is 0 Å². The molecular formula is C31H56O3Si. The summed E-state index contributed by atoms with van der Waals surface area (Å²) in [5.74, 6) is 3.91. The van der Waals surface area contributed by atoms with Gasteiger partial charge in [0.25, 0.3) is 0 Å².